The lowest BCUT2D eigenvalue weighted by Crippen LogP contribution is -2.09. The first-order valence-corrected chi connectivity index (χ1v) is 7.16. The van der Waals surface area contributed by atoms with Crippen LogP contribution in [0.15, 0.2) is 36.7 Å². The van der Waals surface area contributed by atoms with Gasteiger partial charge in [0.2, 0.25) is 5.95 Å². The van der Waals surface area contributed by atoms with E-state index in [0.717, 1.165) is 38.5 Å². The second-order valence-corrected chi connectivity index (χ2v) is 4.77. The molecule has 0 amide bonds. The molecule has 0 saturated heterocycles. The van der Waals surface area contributed by atoms with E-state index in [0.29, 0.717) is 0 Å². The van der Waals surface area contributed by atoms with E-state index in [-0.39, 0.29) is 0 Å². The van der Waals surface area contributed by atoms with Crippen molar-refractivity contribution in [3.8, 4) is 0 Å². The maximum absolute atomic E-state index is 5.09. The second kappa shape index (κ2) is 7.70. The van der Waals surface area contributed by atoms with E-state index in [2.05, 4.69) is 46.1 Å². The van der Waals surface area contributed by atoms with Gasteiger partial charge in [-0.3, -0.25) is 0 Å². The number of anilines is 1. The molecule has 0 saturated carbocycles. The van der Waals surface area contributed by atoms with Crippen LogP contribution in [0, 0.1) is 0 Å². The summed E-state index contributed by atoms with van der Waals surface area (Å²) < 4.78 is 7.22. The van der Waals surface area contributed by atoms with Crippen LogP contribution in [0.3, 0.4) is 0 Å². The van der Waals surface area contributed by atoms with Gasteiger partial charge in [0.25, 0.3) is 0 Å². The highest BCUT2D eigenvalue weighted by molar-refractivity contribution is 5.33. The number of hydrogen-bond acceptors (Lipinski definition) is 3. The molecule has 1 aromatic heterocycles. The Hall–Kier alpha value is -1.81. The number of methoxy groups -OCH3 is 1. The SMILES string of the molecule is CCc1ccccc1CNc1nccn1CCCOC. The lowest BCUT2D eigenvalue weighted by Gasteiger charge is -2.12. The molecule has 1 aromatic carbocycles. The smallest absolute Gasteiger partial charge is 0.203 e. The van der Waals surface area contributed by atoms with Gasteiger partial charge in [-0.25, -0.2) is 4.98 Å². The fourth-order valence-corrected chi connectivity index (χ4v) is 2.29. The van der Waals surface area contributed by atoms with Crippen molar-refractivity contribution in [3.63, 3.8) is 0 Å². The summed E-state index contributed by atoms with van der Waals surface area (Å²) in [7, 11) is 1.73. The first-order chi connectivity index (χ1) is 9.85. The Kier molecular flexibility index (Phi) is 5.62. The molecule has 0 spiro atoms. The van der Waals surface area contributed by atoms with Crippen molar-refractivity contribution in [3.05, 3.63) is 47.8 Å². The zero-order valence-electron chi connectivity index (χ0n) is 12.3. The zero-order valence-corrected chi connectivity index (χ0v) is 12.3. The molecule has 4 heteroatoms. The standard InChI is InChI=1S/C16H23N3O/c1-3-14-7-4-5-8-15(14)13-18-16-17-9-11-19(16)10-6-12-20-2/h4-5,7-9,11H,3,6,10,12-13H2,1-2H3,(H,17,18). The minimum atomic E-state index is 0.774. The lowest BCUT2D eigenvalue weighted by molar-refractivity contribution is 0.190. The van der Waals surface area contributed by atoms with Crippen LogP contribution in [0.5, 0.6) is 0 Å². The number of aryl methyl sites for hydroxylation is 2. The van der Waals surface area contributed by atoms with Crippen molar-refractivity contribution >= 4 is 5.95 Å². The highest BCUT2D eigenvalue weighted by atomic mass is 16.5. The van der Waals surface area contributed by atoms with Crippen LogP contribution >= 0.6 is 0 Å². The molecule has 0 aliphatic heterocycles. The highest BCUT2D eigenvalue weighted by Crippen LogP contribution is 2.12. The van der Waals surface area contributed by atoms with Crippen LogP contribution in [-0.4, -0.2) is 23.3 Å². The molecule has 2 rings (SSSR count). The van der Waals surface area contributed by atoms with Gasteiger partial charge >= 0.3 is 0 Å². The normalized spacial score (nSPS) is 10.7. The van der Waals surface area contributed by atoms with E-state index in [1.807, 2.05) is 12.4 Å². The minimum Gasteiger partial charge on any atom is -0.385 e. The molecule has 0 unspecified atom stereocenters. The second-order valence-electron chi connectivity index (χ2n) is 4.77. The average Bonchev–Trinajstić information content (AvgIpc) is 2.93. The van der Waals surface area contributed by atoms with Gasteiger partial charge in [0.05, 0.1) is 0 Å². The van der Waals surface area contributed by atoms with Crippen molar-refractivity contribution in [1.82, 2.24) is 9.55 Å². The van der Waals surface area contributed by atoms with E-state index >= 15 is 0 Å². The molecule has 0 aliphatic rings. The molecule has 1 N–H and O–H groups in total. The number of aromatic nitrogens is 2. The third-order valence-electron chi connectivity index (χ3n) is 3.40. The molecule has 108 valence electrons. The highest BCUT2D eigenvalue weighted by Gasteiger charge is 2.04. The fraction of sp³-hybridized carbons (Fsp3) is 0.438. The topological polar surface area (TPSA) is 39.1 Å². The Bertz CT molecular complexity index is 522. The Morgan fingerprint density at radius 1 is 1.25 bits per heavy atom. The van der Waals surface area contributed by atoms with Crippen molar-refractivity contribution in [2.75, 3.05) is 19.0 Å². The van der Waals surface area contributed by atoms with E-state index in [1.165, 1.54) is 11.1 Å². The summed E-state index contributed by atoms with van der Waals surface area (Å²) in [5, 5.41) is 3.42. The van der Waals surface area contributed by atoms with Gasteiger partial charge in [0.15, 0.2) is 0 Å². The largest absolute Gasteiger partial charge is 0.385 e. The molecule has 4 nitrogen and oxygen atoms in total. The molecule has 0 fully saturated rings. The summed E-state index contributed by atoms with van der Waals surface area (Å²) in [6, 6.07) is 8.53. The number of hydrogen-bond donors (Lipinski definition) is 1. The number of rotatable bonds is 8. The predicted octanol–water partition coefficient (Wildman–Crippen LogP) is 3.09. The summed E-state index contributed by atoms with van der Waals surface area (Å²) in [6.07, 6.45) is 5.89. The summed E-state index contributed by atoms with van der Waals surface area (Å²) in [5.41, 5.74) is 2.72. The van der Waals surface area contributed by atoms with E-state index < -0.39 is 0 Å². The first-order valence-electron chi connectivity index (χ1n) is 7.16. The third-order valence-corrected chi connectivity index (χ3v) is 3.40. The third kappa shape index (κ3) is 3.84. The zero-order chi connectivity index (χ0) is 14.2. The van der Waals surface area contributed by atoms with Gasteiger partial charge in [-0.2, -0.15) is 0 Å². The summed E-state index contributed by atoms with van der Waals surface area (Å²) in [5.74, 6) is 0.923. The lowest BCUT2D eigenvalue weighted by atomic mass is 10.1. The summed E-state index contributed by atoms with van der Waals surface area (Å²) in [4.78, 5) is 4.38. The van der Waals surface area contributed by atoms with Crippen molar-refractivity contribution < 1.29 is 4.74 Å². The molecular formula is C16H23N3O. The number of imidazole rings is 1. The minimum absolute atomic E-state index is 0.774. The number of ether oxygens (including phenoxy) is 1. The Balaban J connectivity index is 1.95. The predicted molar refractivity (Wildman–Crippen MR) is 81.9 cm³/mol. The van der Waals surface area contributed by atoms with Crippen molar-refractivity contribution in [2.45, 2.75) is 32.9 Å². The van der Waals surface area contributed by atoms with Gasteiger partial charge in [-0.1, -0.05) is 31.2 Å². The average molecular weight is 273 g/mol. The molecule has 0 radical (unpaired) electrons. The van der Waals surface area contributed by atoms with E-state index in [1.54, 1.807) is 7.11 Å². The maximum atomic E-state index is 5.09. The van der Waals surface area contributed by atoms with Crippen LogP contribution in [0.4, 0.5) is 5.95 Å². The van der Waals surface area contributed by atoms with Gasteiger partial charge in [-0.15, -0.1) is 0 Å². The summed E-state index contributed by atoms with van der Waals surface area (Å²) in [6.45, 7) is 4.69. The Morgan fingerprint density at radius 3 is 2.80 bits per heavy atom. The molecule has 2 aromatic rings. The van der Waals surface area contributed by atoms with Crippen LogP contribution in [-0.2, 0) is 24.2 Å². The van der Waals surface area contributed by atoms with E-state index in [9.17, 15) is 0 Å². The molecular weight excluding hydrogens is 250 g/mol. The van der Waals surface area contributed by atoms with Gasteiger partial charge < -0.3 is 14.6 Å². The number of nitrogens with one attached hydrogen (secondary N) is 1. The molecule has 0 aliphatic carbocycles. The van der Waals surface area contributed by atoms with E-state index in [4.69, 9.17) is 4.74 Å². The maximum Gasteiger partial charge on any atom is 0.203 e. The monoisotopic (exact) mass is 273 g/mol. The van der Waals surface area contributed by atoms with Crippen molar-refractivity contribution in [2.24, 2.45) is 0 Å². The number of nitrogens with zero attached hydrogens (tertiary/aromatic N) is 2. The molecule has 20 heavy (non-hydrogen) atoms. The van der Waals surface area contributed by atoms with Crippen LogP contribution in [0.25, 0.3) is 0 Å². The van der Waals surface area contributed by atoms with Crippen molar-refractivity contribution in [1.29, 1.82) is 0 Å². The number of benzene rings is 1. The first kappa shape index (κ1) is 14.6. The molecule has 0 atom stereocenters. The van der Waals surface area contributed by atoms with Gasteiger partial charge in [0, 0.05) is 39.2 Å². The molecule has 1 heterocycles. The molecule has 0 bridgehead atoms. The summed E-state index contributed by atoms with van der Waals surface area (Å²) >= 11 is 0. The quantitative estimate of drug-likeness (QED) is 0.751. The Labute approximate surface area is 120 Å². The van der Waals surface area contributed by atoms with Gasteiger partial charge in [0.1, 0.15) is 0 Å². The Morgan fingerprint density at radius 2 is 2.05 bits per heavy atom. The van der Waals surface area contributed by atoms with Gasteiger partial charge in [-0.05, 0) is 24.0 Å². The van der Waals surface area contributed by atoms with Crippen LogP contribution < -0.4 is 5.32 Å². The van der Waals surface area contributed by atoms with Crippen LogP contribution in [0.1, 0.15) is 24.5 Å². The fourth-order valence-electron chi connectivity index (χ4n) is 2.29. The van der Waals surface area contributed by atoms with Crippen LogP contribution in [0.2, 0.25) is 0 Å².